The van der Waals surface area contributed by atoms with E-state index in [2.05, 4.69) is 68.3 Å². The number of piperidine rings is 1. The van der Waals surface area contributed by atoms with Crippen molar-refractivity contribution in [3.8, 4) is 0 Å². The Labute approximate surface area is 117 Å². The normalized spacial score (nSPS) is 22.6. The summed E-state index contributed by atoms with van der Waals surface area (Å²) in [6.07, 6.45) is 6.77. The molecular formula is C16H29N3. The minimum atomic E-state index is 0.217. The first kappa shape index (κ1) is 14.6. The van der Waals surface area contributed by atoms with E-state index in [4.69, 9.17) is 0 Å². The Bertz CT molecular complexity index is 401. The molecule has 1 fully saturated rings. The highest BCUT2D eigenvalue weighted by Crippen LogP contribution is 2.28. The van der Waals surface area contributed by atoms with Gasteiger partial charge in [0.15, 0.2) is 0 Å². The van der Waals surface area contributed by atoms with Crippen molar-refractivity contribution in [2.45, 2.75) is 77.7 Å². The lowest BCUT2D eigenvalue weighted by molar-refractivity contribution is 0.145. The summed E-state index contributed by atoms with van der Waals surface area (Å²) in [5, 5.41) is 7.46. The molecule has 3 nitrogen and oxygen atoms in total. The summed E-state index contributed by atoms with van der Waals surface area (Å²) in [4.78, 5) is 0. The van der Waals surface area contributed by atoms with E-state index in [0.717, 1.165) is 13.1 Å². The maximum absolute atomic E-state index is 3.73. The lowest BCUT2D eigenvalue weighted by atomic mass is 9.79. The SMILES string of the molecule is CCn1ccc(CNC2CC(C)(C)NC(C)(C)C2)c1. The molecule has 108 valence electrons. The highest BCUT2D eigenvalue weighted by Gasteiger charge is 2.37. The van der Waals surface area contributed by atoms with Gasteiger partial charge in [0.1, 0.15) is 0 Å². The number of rotatable bonds is 4. The van der Waals surface area contributed by atoms with Crippen LogP contribution in [0.5, 0.6) is 0 Å². The van der Waals surface area contributed by atoms with Crippen LogP contribution >= 0.6 is 0 Å². The second-order valence-electron chi connectivity index (χ2n) is 7.23. The van der Waals surface area contributed by atoms with Gasteiger partial charge in [-0.15, -0.1) is 0 Å². The van der Waals surface area contributed by atoms with Gasteiger partial charge >= 0.3 is 0 Å². The Hall–Kier alpha value is -0.800. The quantitative estimate of drug-likeness (QED) is 0.874. The van der Waals surface area contributed by atoms with Crippen molar-refractivity contribution in [2.75, 3.05) is 0 Å². The lowest BCUT2D eigenvalue weighted by Crippen LogP contribution is -2.61. The van der Waals surface area contributed by atoms with Crippen LogP contribution in [0.1, 0.15) is 53.0 Å². The molecule has 0 saturated carbocycles. The molecule has 2 N–H and O–H groups in total. The van der Waals surface area contributed by atoms with Crippen molar-refractivity contribution >= 4 is 0 Å². The average molecular weight is 263 g/mol. The molecule has 1 aliphatic heterocycles. The van der Waals surface area contributed by atoms with Crippen LogP contribution in [0, 0.1) is 0 Å². The van der Waals surface area contributed by atoms with E-state index in [1.54, 1.807) is 0 Å². The molecule has 2 rings (SSSR count). The molecule has 1 aliphatic rings. The van der Waals surface area contributed by atoms with Crippen molar-refractivity contribution in [1.29, 1.82) is 0 Å². The van der Waals surface area contributed by atoms with E-state index < -0.39 is 0 Å². The molecule has 19 heavy (non-hydrogen) atoms. The number of hydrogen-bond donors (Lipinski definition) is 2. The van der Waals surface area contributed by atoms with Crippen molar-refractivity contribution in [3.05, 3.63) is 24.0 Å². The molecule has 2 heterocycles. The number of nitrogens with one attached hydrogen (secondary N) is 2. The van der Waals surface area contributed by atoms with E-state index in [9.17, 15) is 0 Å². The monoisotopic (exact) mass is 263 g/mol. The second-order valence-corrected chi connectivity index (χ2v) is 7.23. The molecule has 0 radical (unpaired) electrons. The third-order valence-electron chi connectivity index (χ3n) is 3.96. The van der Waals surface area contributed by atoms with E-state index >= 15 is 0 Å². The molecule has 1 aromatic rings. The van der Waals surface area contributed by atoms with Crippen LogP contribution in [0.3, 0.4) is 0 Å². The van der Waals surface area contributed by atoms with Crippen LogP contribution < -0.4 is 10.6 Å². The zero-order valence-electron chi connectivity index (χ0n) is 13.1. The summed E-state index contributed by atoms with van der Waals surface area (Å²) in [5.41, 5.74) is 1.82. The molecule has 0 unspecified atom stereocenters. The van der Waals surface area contributed by atoms with Gasteiger partial charge in [-0.3, -0.25) is 0 Å². The molecule has 0 aliphatic carbocycles. The van der Waals surface area contributed by atoms with Crippen LogP contribution in [-0.2, 0) is 13.1 Å². The highest BCUT2D eigenvalue weighted by molar-refractivity contribution is 5.10. The molecule has 0 amide bonds. The maximum atomic E-state index is 3.73. The summed E-state index contributed by atoms with van der Waals surface area (Å²) in [7, 11) is 0. The topological polar surface area (TPSA) is 29.0 Å². The Balaban J connectivity index is 1.91. The lowest BCUT2D eigenvalue weighted by Gasteiger charge is -2.46. The number of aryl methyl sites for hydroxylation is 1. The largest absolute Gasteiger partial charge is 0.354 e. The third-order valence-corrected chi connectivity index (χ3v) is 3.96. The second kappa shape index (κ2) is 5.29. The zero-order valence-corrected chi connectivity index (χ0v) is 13.1. The van der Waals surface area contributed by atoms with Gasteiger partial charge < -0.3 is 15.2 Å². The summed E-state index contributed by atoms with van der Waals surface area (Å²) in [6, 6.07) is 2.81. The van der Waals surface area contributed by atoms with Gasteiger partial charge in [0, 0.05) is 42.6 Å². The van der Waals surface area contributed by atoms with Crippen molar-refractivity contribution < 1.29 is 0 Å². The predicted octanol–water partition coefficient (Wildman–Crippen LogP) is 2.91. The average Bonchev–Trinajstić information content (AvgIpc) is 2.70. The fraction of sp³-hybridized carbons (Fsp3) is 0.750. The Morgan fingerprint density at radius 1 is 1.26 bits per heavy atom. The number of aromatic nitrogens is 1. The van der Waals surface area contributed by atoms with Gasteiger partial charge in [-0.05, 0) is 59.1 Å². The minimum Gasteiger partial charge on any atom is -0.354 e. The van der Waals surface area contributed by atoms with Crippen LogP contribution in [0.4, 0.5) is 0 Å². The van der Waals surface area contributed by atoms with E-state index in [-0.39, 0.29) is 11.1 Å². The summed E-state index contributed by atoms with van der Waals surface area (Å²) < 4.78 is 2.23. The first-order chi connectivity index (χ1) is 8.80. The van der Waals surface area contributed by atoms with Gasteiger partial charge in [-0.2, -0.15) is 0 Å². The Kier molecular flexibility index (Phi) is 4.07. The van der Waals surface area contributed by atoms with Crippen LogP contribution in [0.2, 0.25) is 0 Å². The molecule has 0 aromatic carbocycles. The van der Waals surface area contributed by atoms with Gasteiger partial charge in [-0.1, -0.05) is 0 Å². The van der Waals surface area contributed by atoms with Crippen molar-refractivity contribution in [1.82, 2.24) is 15.2 Å². The predicted molar refractivity (Wildman–Crippen MR) is 81.3 cm³/mol. The van der Waals surface area contributed by atoms with Crippen molar-refractivity contribution in [2.24, 2.45) is 0 Å². The molecule has 1 aromatic heterocycles. The maximum Gasteiger partial charge on any atom is 0.0223 e. The molecule has 0 atom stereocenters. The molecule has 0 spiro atoms. The molecular weight excluding hydrogens is 234 g/mol. The molecule has 3 heteroatoms. The first-order valence-corrected chi connectivity index (χ1v) is 7.47. The summed E-state index contributed by atoms with van der Waals surface area (Å²) >= 11 is 0. The standard InChI is InChI=1S/C16H29N3/c1-6-19-8-7-13(12-19)11-17-14-9-15(2,3)18-16(4,5)10-14/h7-8,12,14,17-18H,6,9-11H2,1-5H3. The smallest absolute Gasteiger partial charge is 0.0223 e. The first-order valence-electron chi connectivity index (χ1n) is 7.47. The van der Waals surface area contributed by atoms with Gasteiger partial charge in [0.25, 0.3) is 0 Å². The van der Waals surface area contributed by atoms with Gasteiger partial charge in [0.2, 0.25) is 0 Å². The fourth-order valence-electron chi connectivity index (χ4n) is 3.52. The highest BCUT2D eigenvalue weighted by atomic mass is 15.1. The molecule has 1 saturated heterocycles. The van der Waals surface area contributed by atoms with E-state index in [1.165, 1.54) is 18.4 Å². The van der Waals surface area contributed by atoms with Crippen molar-refractivity contribution in [3.63, 3.8) is 0 Å². The third kappa shape index (κ3) is 4.08. The Morgan fingerprint density at radius 3 is 2.42 bits per heavy atom. The number of hydrogen-bond acceptors (Lipinski definition) is 2. The fourth-order valence-corrected chi connectivity index (χ4v) is 3.52. The Morgan fingerprint density at radius 2 is 1.89 bits per heavy atom. The summed E-state index contributed by atoms with van der Waals surface area (Å²) in [5.74, 6) is 0. The molecule has 0 bridgehead atoms. The van der Waals surface area contributed by atoms with Crippen LogP contribution in [0.25, 0.3) is 0 Å². The number of nitrogens with zero attached hydrogens (tertiary/aromatic N) is 1. The van der Waals surface area contributed by atoms with E-state index in [1.807, 2.05) is 0 Å². The zero-order chi connectivity index (χ0) is 14.1. The van der Waals surface area contributed by atoms with Gasteiger partial charge in [0.05, 0.1) is 0 Å². The van der Waals surface area contributed by atoms with Crippen LogP contribution in [0.15, 0.2) is 18.5 Å². The van der Waals surface area contributed by atoms with Crippen LogP contribution in [-0.4, -0.2) is 21.7 Å². The summed E-state index contributed by atoms with van der Waals surface area (Å²) in [6.45, 7) is 13.4. The van der Waals surface area contributed by atoms with Gasteiger partial charge in [-0.25, -0.2) is 0 Å². The van der Waals surface area contributed by atoms with E-state index in [0.29, 0.717) is 6.04 Å². The minimum absolute atomic E-state index is 0.217.